The second-order valence-electron chi connectivity index (χ2n) is 4.68. The van der Waals surface area contributed by atoms with Crippen molar-refractivity contribution in [3.8, 4) is 0 Å². The minimum Gasteiger partial charge on any atom is -0.381 e. The van der Waals surface area contributed by atoms with Crippen molar-refractivity contribution in [3.05, 3.63) is 0 Å². The number of ether oxygens (including phenoxy) is 1. The zero-order valence-corrected chi connectivity index (χ0v) is 11.7. The zero-order chi connectivity index (χ0) is 11.6. The van der Waals surface area contributed by atoms with Gasteiger partial charge in [-0.3, -0.25) is 0 Å². The average Bonchev–Trinajstić information content (AvgIpc) is 2.33. The van der Waals surface area contributed by atoms with Crippen LogP contribution in [-0.2, 0) is 4.74 Å². The molecule has 2 nitrogen and oxygen atoms in total. The van der Waals surface area contributed by atoms with Crippen LogP contribution in [0.3, 0.4) is 0 Å². The van der Waals surface area contributed by atoms with Gasteiger partial charge in [-0.25, -0.2) is 0 Å². The van der Waals surface area contributed by atoms with Crippen LogP contribution in [0.4, 0.5) is 0 Å². The Labute approximate surface area is 105 Å². The number of hydrogen-bond acceptors (Lipinski definition) is 3. The Morgan fingerprint density at radius 1 is 1.38 bits per heavy atom. The van der Waals surface area contributed by atoms with Gasteiger partial charge >= 0.3 is 0 Å². The molecule has 1 fully saturated rings. The smallest absolute Gasteiger partial charge is 0.0476 e. The summed E-state index contributed by atoms with van der Waals surface area (Å²) in [7, 11) is 0. The average molecular weight is 245 g/mol. The fraction of sp³-hybridized carbons (Fsp3) is 1.00. The molecule has 0 aromatic rings. The molecule has 0 bridgehead atoms. The number of nitrogens with one attached hydrogen (secondary N) is 1. The van der Waals surface area contributed by atoms with Gasteiger partial charge in [0.05, 0.1) is 0 Å². The van der Waals surface area contributed by atoms with Crippen LogP contribution in [0.1, 0.15) is 46.0 Å². The van der Waals surface area contributed by atoms with E-state index in [0.29, 0.717) is 6.04 Å². The van der Waals surface area contributed by atoms with Crippen molar-refractivity contribution in [2.45, 2.75) is 57.2 Å². The summed E-state index contributed by atoms with van der Waals surface area (Å²) in [6.07, 6.45) is 6.42. The molecule has 0 spiro atoms. The second kappa shape index (κ2) is 9.32. The lowest BCUT2D eigenvalue weighted by atomic mass is 10.2. The molecule has 1 heterocycles. The van der Waals surface area contributed by atoms with Crippen LogP contribution in [0.15, 0.2) is 0 Å². The van der Waals surface area contributed by atoms with E-state index in [2.05, 4.69) is 30.9 Å². The van der Waals surface area contributed by atoms with E-state index < -0.39 is 0 Å². The van der Waals surface area contributed by atoms with Crippen molar-refractivity contribution < 1.29 is 4.74 Å². The summed E-state index contributed by atoms with van der Waals surface area (Å²) in [5.74, 6) is 1.32. The topological polar surface area (TPSA) is 21.3 Å². The Balaban J connectivity index is 1.90. The van der Waals surface area contributed by atoms with Crippen LogP contribution in [0.2, 0.25) is 0 Å². The molecule has 1 unspecified atom stereocenters. The molecule has 0 aromatic carbocycles. The molecule has 16 heavy (non-hydrogen) atoms. The Kier molecular flexibility index (Phi) is 8.34. The quantitative estimate of drug-likeness (QED) is 0.664. The van der Waals surface area contributed by atoms with Crippen LogP contribution in [0, 0.1) is 0 Å². The summed E-state index contributed by atoms with van der Waals surface area (Å²) >= 11 is 2.16. The maximum Gasteiger partial charge on any atom is 0.0476 e. The second-order valence-corrected chi connectivity index (χ2v) is 6.09. The summed E-state index contributed by atoms with van der Waals surface area (Å²) in [5.41, 5.74) is 0. The van der Waals surface area contributed by atoms with Gasteiger partial charge in [0, 0.05) is 24.5 Å². The molecule has 0 saturated carbocycles. The molecule has 1 aliphatic heterocycles. The van der Waals surface area contributed by atoms with Gasteiger partial charge in [0.1, 0.15) is 0 Å². The van der Waals surface area contributed by atoms with E-state index >= 15 is 0 Å². The molecular weight excluding hydrogens is 218 g/mol. The Morgan fingerprint density at radius 3 is 2.81 bits per heavy atom. The van der Waals surface area contributed by atoms with Gasteiger partial charge in [0.25, 0.3) is 0 Å². The number of hydrogen-bond donors (Lipinski definition) is 1. The first-order valence-corrected chi connectivity index (χ1v) is 7.80. The van der Waals surface area contributed by atoms with Crippen LogP contribution in [-0.4, -0.2) is 36.8 Å². The zero-order valence-electron chi connectivity index (χ0n) is 10.8. The minimum absolute atomic E-state index is 0.690. The lowest BCUT2D eigenvalue weighted by Crippen LogP contribution is -2.26. The van der Waals surface area contributed by atoms with Gasteiger partial charge < -0.3 is 10.1 Å². The molecule has 3 heteroatoms. The van der Waals surface area contributed by atoms with Crippen LogP contribution < -0.4 is 5.32 Å². The summed E-state index contributed by atoms with van der Waals surface area (Å²) in [6, 6.07) is 0.690. The van der Waals surface area contributed by atoms with E-state index in [9.17, 15) is 0 Å². The fourth-order valence-corrected chi connectivity index (χ4v) is 3.17. The molecule has 0 amide bonds. The molecule has 1 aliphatic rings. The highest BCUT2D eigenvalue weighted by molar-refractivity contribution is 7.99. The first-order valence-electron chi connectivity index (χ1n) is 6.75. The fourth-order valence-electron chi connectivity index (χ4n) is 1.97. The highest BCUT2D eigenvalue weighted by Crippen LogP contribution is 2.23. The van der Waals surface area contributed by atoms with E-state index in [1.165, 1.54) is 37.9 Å². The van der Waals surface area contributed by atoms with Crippen molar-refractivity contribution in [2.24, 2.45) is 0 Å². The molecule has 1 rings (SSSR count). The lowest BCUT2D eigenvalue weighted by Gasteiger charge is -2.21. The van der Waals surface area contributed by atoms with Gasteiger partial charge in [-0.05, 0) is 51.3 Å². The van der Waals surface area contributed by atoms with E-state index in [-0.39, 0.29) is 0 Å². The van der Waals surface area contributed by atoms with Crippen molar-refractivity contribution in [1.82, 2.24) is 5.32 Å². The van der Waals surface area contributed by atoms with Crippen molar-refractivity contribution >= 4 is 11.8 Å². The first kappa shape index (κ1) is 14.3. The SMILES string of the molecule is CCCNC(C)CCCSC1CCOCC1. The lowest BCUT2D eigenvalue weighted by molar-refractivity contribution is 0.100. The van der Waals surface area contributed by atoms with Gasteiger partial charge in [0.2, 0.25) is 0 Å². The maximum atomic E-state index is 5.37. The van der Waals surface area contributed by atoms with Crippen molar-refractivity contribution in [1.29, 1.82) is 0 Å². The predicted octanol–water partition coefficient (Wildman–Crippen LogP) is 3.07. The highest BCUT2D eigenvalue weighted by atomic mass is 32.2. The van der Waals surface area contributed by atoms with E-state index in [4.69, 9.17) is 4.74 Å². The summed E-state index contributed by atoms with van der Waals surface area (Å²) in [6.45, 7) is 7.64. The predicted molar refractivity (Wildman–Crippen MR) is 73.3 cm³/mol. The highest BCUT2D eigenvalue weighted by Gasteiger charge is 2.13. The monoisotopic (exact) mass is 245 g/mol. The van der Waals surface area contributed by atoms with Crippen molar-refractivity contribution in [2.75, 3.05) is 25.5 Å². The van der Waals surface area contributed by atoms with E-state index in [1.807, 2.05) is 0 Å². The van der Waals surface area contributed by atoms with Gasteiger partial charge in [-0.2, -0.15) is 11.8 Å². The van der Waals surface area contributed by atoms with Gasteiger partial charge in [0.15, 0.2) is 0 Å². The van der Waals surface area contributed by atoms with Gasteiger partial charge in [-0.15, -0.1) is 0 Å². The van der Waals surface area contributed by atoms with Crippen LogP contribution in [0.5, 0.6) is 0 Å². The van der Waals surface area contributed by atoms with E-state index in [1.54, 1.807) is 0 Å². The molecule has 0 radical (unpaired) electrons. The standard InChI is InChI=1S/C13H27NOS/c1-3-8-14-12(2)5-4-11-16-13-6-9-15-10-7-13/h12-14H,3-11H2,1-2H3. The van der Waals surface area contributed by atoms with Gasteiger partial charge in [-0.1, -0.05) is 6.92 Å². The molecule has 0 aromatic heterocycles. The Hall–Kier alpha value is 0.270. The first-order chi connectivity index (χ1) is 7.83. The summed E-state index contributed by atoms with van der Waals surface area (Å²) < 4.78 is 5.37. The molecule has 96 valence electrons. The third-order valence-corrected chi connectivity index (χ3v) is 4.51. The van der Waals surface area contributed by atoms with E-state index in [0.717, 1.165) is 25.0 Å². The third kappa shape index (κ3) is 6.77. The minimum atomic E-state index is 0.690. The van der Waals surface area contributed by atoms with Crippen molar-refractivity contribution in [3.63, 3.8) is 0 Å². The molecule has 1 atom stereocenters. The van der Waals surface area contributed by atoms with Crippen LogP contribution >= 0.6 is 11.8 Å². The Bertz CT molecular complexity index is 160. The normalized spacial score (nSPS) is 19.9. The number of rotatable bonds is 8. The van der Waals surface area contributed by atoms with Crippen LogP contribution in [0.25, 0.3) is 0 Å². The molecule has 1 saturated heterocycles. The summed E-state index contributed by atoms with van der Waals surface area (Å²) in [5, 5.41) is 4.41. The number of thioether (sulfide) groups is 1. The Morgan fingerprint density at radius 2 is 2.12 bits per heavy atom. The third-order valence-electron chi connectivity index (χ3n) is 3.05. The molecule has 0 aliphatic carbocycles. The summed E-state index contributed by atoms with van der Waals surface area (Å²) in [4.78, 5) is 0. The molecule has 1 N–H and O–H groups in total. The molecular formula is C13H27NOS. The maximum absolute atomic E-state index is 5.37. The largest absolute Gasteiger partial charge is 0.381 e.